The second-order valence-electron chi connectivity index (χ2n) is 3.17. The van der Waals surface area contributed by atoms with Gasteiger partial charge in [0.15, 0.2) is 0 Å². The van der Waals surface area contributed by atoms with Gasteiger partial charge in [0.1, 0.15) is 6.04 Å². The number of hydrogen-bond donors (Lipinski definition) is 2. The largest absolute Gasteiger partial charge is 0.480 e. The summed E-state index contributed by atoms with van der Waals surface area (Å²) >= 11 is 0. The van der Waals surface area contributed by atoms with Crippen LogP contribution in [0.4, 0.5) is 0 Å². The maximum absolute atomic E-state index is 10.9. The number of nitrogens with one attached hydrogen (secondary N) is 1. The Morgan fingerprint density at radius 1 is 1.47 bits per heavy atom. The van der Waals surface area contributed by atoms with Crippen molar-refractivity contribution in [2.75, 3.05) is 6.54 Å². The molecule has 0 saturated heterocycles. The maximum atomic E-state index is 10.9. The summed E-state index contributed by atoms with van der Waals surface area (Å²) in [5.41, 5.74) is 0.981. The molecule has 0 spiro atoms. The third kappa shape index (κ3) is 3.84. The molecule has 78 valence electrons. The van der Waals surface area contributed by atoms with Crippen LogP contribution in [0.3, 0.4) is 0 Å². The highest BCUT2D eigenvalue weighted by atomic mass is 16.4. The minimum atomic E-state index is -0.880. The van der Waals surface area contributed by atoms with Crippen LogP contribution in [0.1, 0.15) is 5.56 Å². The molecule has 0 heterocycles. The minimum Gasteiger partial charge on any atom is -0.480 e. The van der Waals surface area contributed by atoms with Crippen molar-refractivity contribution in [1.29, 1.82) is 0 Å². The lowest BCUT2D eigenvalue weighted by atomic mass is 10.1. The molecule has 1 atom stereocenters. The monoisotopic (exact) mass is 203 g/mol. The van der Waals surface area contributed by atoms with Crippen molar-refractivity contribution in [3.63, 3.8) is 0 Å². The van der Waals surface area contributed by atoms with Gasteiger partial charge in [-0.2, -0.15) is 0 Å². The summed E-state index contributed by atoms with van der Waals surface area (Å²) < 4.78 is 0. The van der Waals surface area contributed by atoms with Gasteiger partial charge in [0.25, 0.3) is 0 Å². The summed E-state index contributed by atoms with van der Waals surface area (Å²) in [5.74, 6) is 1.48. The van der Waals surface area contributed by atoms with Crippen LogP contribution in [-0.4, -0.2) is 23.7 Å². The third-order valence-electron chi connectivity index (χ3n) is 2.03. The molecule has 0 bridgehead atoms. The van der Waals surface area contributed by atoms with Gasteiger partial charge in [0.2, 0.25) is 0 Å². The molecular formula is C12H13NO2. The van der Waals surface area contributed by atoms with Gasteiger partial charge >= 0.3 is 5.97 Å². The molecule has 0 radical (unpaired) electrons. The Balaban J connectivity index is 2.60. The van der Waals surface area contributed by atoms with E-state index in [-0.39, 0.29) is 6.54 Å². The topological polar surface area (TPSA) is 49.3 Å². The van der Waals surface area contributed by atoms with E-state index in [1.165, 1.54) is 0 Å². The molecule has 0 amide bonds. The zero-order chi connectivity index (χ0) is 11.1. The Bertz CT molecular complexity index is 354. The summed E-state index contributed by atoms with van der Waals surface area (Å²) in [6, 6.07) is 8.84. The first kappa shape index (κ1) is 11.3. The van der Waals surface area contributed by atoms with Crippen molar-refractivity contribution >= 4 is 5.97 Å². The Morgan fingerprint density at radius 2 is 2.13 bits per heavy atom. The minimum absolute atomic E-state index is 0.268. The Hall–Kier alpha value is -1.79. The molecule has 0 saturated carbocycles. The van der Waals surface area contributed by atoms with E-state index in [9.17, 15) is 4.79 Å². The van der Waals surface area contributed by atoms with E-state index in [4.69, 9.17) is 11.5 Å². The SMILES string of the molecule is C#CCN[C@@H](Cc1ccccc1)C(=O)O. The van der Waals surface area contributed by atoms with E-state index >= 15 is 0 Å². The summed E-state index contributed by atoms with van der Waals surface area (Å²) in [5, 5.41) is 11.7. The highest BCUT2D eigenvalue weighted by Crippen LogP contribution is 2.03. The van der Waals surface area contributed by atoms with E-state index < -0.39 is 12.0 Å². The van der Waals surface area contributed by atoms with Crippen LogP contribution in [-0.2, 0) is 11.2 Å². The van der Waals surface area contributed by atoms with E-state index in [0.29, 0.717) is 6.42 Å². The highest BCUT2D eigenvalue weighted by Gasteiger charge is 2.16. The molecule has 0 aliphatic carbocycles. The summed E-state index contributed by atoms with van der Waals surface area (Å²) in [4.78, 5) is 10.9. The normalized spacial score (nSPS) is 11.7. The molecule has 3 heteroatoms. The lowest BCUT2D eigenvalue weighted by molar-refractivity contribution is -0.139. The van der Waals surface area contributed by atoms with Crippen LogP contribution in [0.2, 0.25) is 0 Å². The van der Waals surface area contributed by atoms with E-state index in [1.54, 1.807) is 0 Å². The number of rotatable bonds is 5. The van der Waals surface area contributed by atoms with Gasteiger partial charge in [-0.1, -0.05) is 36.3 Å². The predicted octanol–water partition coefficient (Wildman–Crippen LogP) is 0.905. The molecule has 0 fully saturated rings. The standard InChI is InChI=1S/C12H13NO2/c1-2-8-13-11(12(14)15)9-10-6-4-3-5-7-10/h1,3-7,11,13H,8-9H2,(H,14,15)/t11-/m0/s1. The first-order valence-corrected chi connectivity index (χ1v) is 4.67. The zero-order valence-corrected chi connectivity index (χ0v) is 8.31. The molecule has 15 heavy (non-hydrogen) atoms. The quantitative estimate of drug-likeness (QED) is 0.699. The smallest absolute Gasteiger partial charge is 0.321 e. The molecule has 1 aromatic carbocycles. The Kier molecular flexibility index (Phi) is 4.39. The number of carbonyl (C=O) groups is 1. The fraction of sp³-hybridized carbons (Fsp3) is 0.250. The first-order valence-electron chi connectivity index (χ1n) is 4.67. The number of terminal acetylenes is 1. The first-order chi connectivity index (χ1) is 7.24. The Labute approximate surface area is 89.1 Å². The highest BCUT2D eigenvalue weighted by molar-refractivity contribution is 5.73. The van der Waals surface area contributed by atoms with Gasteiger partial charge < -0.3 is 5.11 Å². The van der Waals surface area contributed by atoms with E-state index in [2.05, 4.69) is 11.2 Å². The second-order valence-corrected chi connectivity index (χ2v) is 3.17. The van der Waals surface area contributed by atoms with Crippen LogP contribution in [0.15, 0.2) is 30.3 Å². The van der Waals surface area contributed by atoms with Crippen LogP contribution in [0, 0.1) is 12.3 Å². The van der Waals surface area contributed by atoms with Crippen LogP contribution in [0.5, 0.6) is 0 Å². The lowest BCUT2D eigenvalue weighted by Crippen LogP contribution is -2.38. The van der Waals surface area contributed by atoms with Gasteiger partial charge in [-0.15, -0.1) is 6.42 Å². The third-order valence-corrected chi connectivity index (χ3v) is 2.03. The predicted molar refractivity (Wildman–Crippen MR) is 58.4 cm³/mol. The number of hydrogen-bond acceptors (Lipinski definition) is 2. The molecule has 0 aliphatic heterocycles. The second kappa shape index (κ2) is 5.84. The van der Waals surface area contributed by atoms with Crippen molar-refractivity contribution in [3.8, 4) is 12.3 Å². The van der Waals surface area contributed by atoms with Gasteiger partial charge in [0.05, 0.1) is 6.54 Å². The maximum Gasteiger partial charge on any atom is 0.321 e. The number of aliphatic carboxylic acids is 1. The van der Waals surface area contributed by atoms with Gasteiger partial charge in [-0.25, -0.2) is 0 Å². The van der Waals surface area contributed by atoms with Gasteiger partial charge in [-0.05, 0) is 12.0 Å². The van der Waals surface area contributed by atoms with Crippen LogP contribution < -0.4 is 5.32 Å². The van der Waals surface area contributed by atoms with Crippen molar-refractivity contribution in [1.82, 2.24) is 5.32 Å². The molecule has 1 rings (SSSR count). The van der Waals surface area contributed by atoms with Crippen molar-refractivity contribution in [2.45, 2.75) is 12.5 Å². The molecule has 0 aliphatic rings. The number of carboxylic acid groups (broad SMARTS) is 1. The average Bonchev–Trinajstić information content (AvgIpc) is 2.25. The van der Waals surface area contributed by atoms with Gasteiger partial charge in [0, 0.05) is 0 Å². The fourth-order valence-electron chi connectivity index (χ4n) is 1.28. The number of benzene rings is 1. The van der Waals surface area contributed by atoms with Crippen molar-refractivity contribution in [2.24, 2.45) is 0 Å². The molecule has 1 aromatic rings. The van der Waals surface area contributed by atoms with Crippen LogP contribution in [0.25, 0.3) is 0 Å². The lowest BCUT2D eigenvalue weighted by Gasteiger charge is -2.12. The van der Waals surface area contributed by atoms with Crippen molar-refractivity contribution < 1.29 is 9.90 Å². The molecule has 2 N–H and O–H groups in total. The summed E-state index contributed by atoms with van der Waals surface area (Å²) in [6.45, 7) is 0.268. The van der Waals surface area contributed by atoms with Crippen molar-refractivity contribution in [3.05, 3.63) is 35.9 Å². The van der Waals surface area contributed by atoms with E-state index in [1.807, 2.05) is 30.3 Å². The number of carboxylic acids is 1. The molecule has 3 nitrogen and oxygen atoms in total. The Morgan fingerprint density at radius 3 is 2.67 bits per heavy atom. The van der Waals surface area contributed by atoms with Crippen LogP contribution >= 0.6 is 0 Å². The van der Waals surface area contributed by atoms with E-state index in [0.717, 1.165) is 5.56 Å². The molecular weight excluding hydrogens is 190 g/mol. The summed E-state index contributed by atoms with van der Waals surface area (Å²) in [7, 11) is 0. The zero-order valence-electron chi connectivity index (χ0n) is 8.31. The fourth-order valence-corrected chi connectivity index (χ4v) is 1.28. The molecule has 0 aromatic heterocycles. The van der Waals surface area contributed by atoms with Gasteiger partial charge in [-0.3, -0.25) is 10.1 Å². The molecule has 0 unspecified atom stereocenters. The summed E-state index contributed by atoms with van der Waals surface area (Å²) in [6.07, 6.45) is 5.51. The average molecular weight is 203 g/mol.